The van der Waals surface area contributed by atoms with Crippen LogP contribution in [-0.2, 0) is 0 Å². The first-order valence-corrected chi connectivity index (χ1v) is 6.97. The molecule has 3 rings (SSSR count). The number of anilines is 1. The number of benzene rings is 2. The van der Waals surface area contributed by atoms with Crippen molar-refractivity contribution in [1.82, 2.24) is 9.97 Å². The Morgan fingerprint density at radius 1 is 1.05 bits per heavy atom. The lowest BCUT2D eigenvalue weighted by molar-refractivity contribution is 0.415. The summed E-state index contributed by atoms with van der Waals surface area (Å²) in [7, 11) is 1.66. The zero-order chi connectivity index (χ0) is 14.7. The zero-order valence-corrected chi connectivity index (χ0v) is 12.1. The van der Waals surface area contributed by atoms with Gasteiger partial charge in [-0.2, -0.15) is 0 Å². The van der Waals surface area contributed by atoms with Crippen LogP contribution in [0.3, 0.4) is 0 Å². The Balaban J connectivity index is 2.21. The summed E-state index contributed by atoms with van der Waals surface area (Å²) in [4.78, 5) is 9.32. The van der Waals surface area contributed by atoms with Crippen LogP contribution in [0.15, 0.2) is 48.5 Å². The van der Waals surface area contributed by atoms with E-state index in [1.54, 1.807) is 7.11 Å². The maximum absolute atomic E-state index is 5.29. The van der Waals surface area contributed by atoms with Crippen molar-refractivity contribution in [1.29, 1.82) is 0 Å². The molecule has 1 aromatic heterocycles. The Bertz CT molecular complexity index is 757. The first-order valence-electron chi connectivity index (χ1n) is 6.97. The molecule has 0 amide bonds. The van der Waals surface area contributed by atoms with E-state index in [2.05, 4.69) is 22.2 Å². The van der Waals surface area contributed by atoms with Gasteiger partial charge in [-0.15, -0.1) is 0 Å². The number of hydrogen-bond donors (Lipinski definition) is 1. The molecule has 1 heterocycles. The van der Waals surface area contributed by atoms with Crippen molar-refractivity contribution >= 4 is 16.7 Å². The number of nitrogens with one attached hydrogen (secondary N) is 1. The summed E-state index contributed by atoms with van der Waals surface area (Å²) >= 11 is 0. The van der Waals surface area contributed by atoms with E-state index in [0.29, 0.717) is 0 Å². The molecule has 4 nitrogen and oxygen atoms in total. The highest BCUT2D eigenvalue weighted by Crippen LogP contribution is 2.27. The first kappa shape index (κ1) is 13.4. The van der Waals surface area contributed by atoms with Crippen LogP contribution in [0.25, 0.3) is 22.3 Å². The molecule has 0 bridgehead atoms. The maximum Gasteiger partial charge on any atom is 0.162 e. The average Bonchev–Trinajstić information content (AvgIpc) is 2.55. The summed E-state index contributed by atoms with van der Waals surface area (Å²) in [6, 6.07) is 15.8. The number of fused-ring (bicyclic) bond motifs is 1. The molecule has 106 valence electrons. The topological polar surface area (TPSA) is 47.0 Å². The molecule has 0 saturated carbocycles. The minimum atomic E-state index is 0.726. The predicted molar refractivity (Wildman–Crippen MR) is 85.7 cm³/mol. The van der Waals surface area contributed by atoms with Crippen LogP contribution >= 0.6 is 0 Å². The monoisotopic (exact) mass is 279 g/mol. The molecular formula is C17H17N3O. The molecule has 0 aliphatic heterocycles. The Morgan fingerprint density at radius 3 is 2.57 bits per heavy atom. The van der Waals surface area contributed by atoms with Crippen molar-refractivity contribution in [2.75, 3.05) is 19.0 Å². The van der Waals surface area contributed by atoms with E-state index < -0.39 is 0 Å². The van der Waals surface area contributed by atoms with Gasteiger partial charge in [0, 0.05) is 17.5 Å². The van der Waals surface area contributed by atoms with Gasteiger partial charge < -0.3 is 10.1 Å². The number of ether oxygens (including phenoxy) is 1. The molecule has 3 aromatic rings. The van der Waals surface area contributed by atoms with E-state index in [1.807, 2.05) is 48.5 Å². The summed E-state index contributed by atoms with van der Waals surface area (Å²) < 4.78 is 5.29. The largest absolute Gasteiger partial charge is 0.497 e. The molecule has 1 N–H and O–H groups in total. The van der Waals surface area contributed by atoms with Gasteiger partial charge >= 0.3 is 0 Å². The van der Waals surface area contributed by atoms with Crippen LogP contribution in [0, 0.1) is 0 Å². The van der Waals surface area contributed by atoms with Gasteiger partial charge in [0.2, 0.25) is 0 Å². The van der Waals surface area contributed by atoms with Crippen LogP contribution in [-0.4, -0.2) is 23.6 Å². The van der Waals surface area contributed by atoms with Crippen molar-refractivity contribution in [3.05, 3.63) is 48.5 Å². The van der Waals surface area contributed by atoms with E-state index in [0.717, 1.165) is 40.4 Å². The third-order valence-corrected chi connectivity index (χ3v) is 3.28. The lowest BCUT2D eigenvalue weighted by atomic mass is 10.1. The number of nitrogens with zero attached hydrogens (tertiary/aromatic N) is 2. The van der Waals surface area contributed by atoms with Gasteiger partial charge in [-0.25, -0.2) is 9.97 Å². The van der Waals surface area contributed by atoms with Crippen molar-refractivity contribution in [3.8, 4) is 17.1 Å². The molecule has 0 spiro atoms. The van der Waals surface area contributed by atoms with E-state index in [-0.39, 0.29) is 0 Å². The Kier molecular flexibility index (Phi) is 3.69. The van der Waals surface area contributed by atoms with Crippen LogP contribution < -0.4 is 10.1 Å². The molecule has 0 radical (unpaired) electrons. The third kappa shape index (κ3) is 2.65. The molecule has 4 heteroatoms. The SMILES string of the molecule is CCNc1nc(-c2ccccc2)nc2ccc(OC)cc12. The second-order valence-corrected chi connectivity index (χ2v) is 4.68. The summed E-state index contributed by atoms with van der Waals surface area (Å²) in [5, 5.41) is 4.27. The molecular weight excluding hydrogens is 262 g/mol. The quantitative estimate of drug-likeness (QED) is 0.790. The van der Waals surface area contributed by atoms with Crippen molar-refractivity contribution in [2.24, 2.45) is 0 Å². The molecule has 0 aliphatic carbocycles. The maximum atomic E-state index is 5.29. The van der Waals surface area contributed by atoms with E-state index >= 15 is 0 Å². The van der Waals surface area contributed by atoms with Gasteiger partial charge in [-0.05, 0) is 25.1 Å². The minimum Gasteiger partial charge on any atom is -0.497 e. The lowest BCUT2D eigenvalue weighted by Gasteiger charge is -2.10. The fourth-order valence-electron chi connectivity index (χ4n) is 2.25. The lowest BCUT2D eigenvalue weighted by Crippen LogP contribution is -2.03. The van der Waals surface area contributed by atoms with Gasteiger partial charge in [0.15, 0.2) is 5.82 Å². The number of hydrogen-bond acceptors (Lipinski definition) is 4. The van der Waals surface area contributed by atoms with Crippen molar-refractivity contribution < 1.29 is 4.74 Å². The fourth-order valence-corrected chi connectivity index (χ4v) is 2.25. The predicted octanol–water partition coefficient (Wildman–Crippen LogP) is 3.74. The van der Waals surface area contributed by atoms with Crippen LogP contribution in [0.2, 0.25) is 0 Å². The minimum absolute atomic E-state index is 0.726. The van der Waals surface area contributed by atoms with Crippen molar-refractivity contribution in [2.45, 2.75) is 6.92 Å². The zero-order valence-electron chi connectivity index (χ0n) is 12.1. The normalized spacial score (nSPS) is 10.6. The highest BCUT2D eigenvalue weighted by Gasteiger charge is 2.09. The molecule has 2 aromatic carbocycles. The second kappa shape index (κ2) is 5.79. The Morgan fingerprint density at radius 2 is 1.86 bits per heavy atom. The summed E-state index contributed by atoms with van der Waals surface area (Å²) in [5.74, 6) is 2.36. The van der Waals surface area contributed by atoms with Gasteiger partial charge in [0.05, 0.1) is 12.6 Å². The summed E-state index contributed by atoms with van der Waals surface area (Å²) in [6.45, 7) is 2.86. The number of methoxy groups -OCH3 is 1. The van der Waals surface area contributed by atoms with E-state index in [1.165, 1.54) is 0 Å². The number of aromatic nitrogens is 2. The Labute approximate surface area is 123 Å². The highest BCUT2D eigenvalue weighted by molar-refractivity contribution is 5.91. The fraction of sp³-hybridized carbons (Fsp3) is 0.176. The summed E-state index contributed by atoms with van der Waals surface area (Å²) in [6.07, 6.45) is 0. The molecule has 0 fully saturated rings. The summed E-state index contributed by atoms with van der Waals surface area (Å²) in [5.41, 5.74) is 1.91. The van der Waals surface area contributed by atoms with Gasteiger partial charge in [0.1, 0.15) is 11.6 Å². The standard InChI is InChI=1S/C17H17N3O/c1-3-18-17-14-11-13(21-2)9-10-15(14)19-16(20-17)12-7-5-4-6-8-12/h4-11H,3H2,1-2H3,(H,18,19,20). The van der Waals surface area contributed by atoms with Gasteiger partial charge in [0.25, 0.3) is 0 Å². The smallest absolute Gasteiger partial charge is 0.162 e. The van der Waals surface area contributed by atoms with Crippen LogP contribution in [0.5, 0.6) is 5.75 Å². The van der Waals surface area contributed by atoms with Gasteiger partial charge in [-0.1, -0.05) is 30.3 Å². The van der Waals surface area contributed by atoms with Crippen molar-refractivity contribution in [3.63, 3.8) is 0 Å². The van der Waals surface area contributed by atoms with Gasteiger partial charge in [-0.3, -0.25) is 0 Å². The average molecular weight is 279 g/mol. The van der Waals surface area contributed by atoms with E-state index in [4.69, 9.17) is 4.74 Å². The second-order valence-electron chi connectivity index (χ2n) is 4.68. The molecule has 0 unspecified atom stereocenters. The van der Waals surface area contributed by atoms with Crippen LogP contribution in [0.1, 0.15) is 6.92 Å². The molecule has 21 heavy (non-hydrogen) atoms. The Hall–Kier alpha value is -2.62. The molecule has 0 atom stereocenters. The van der Waals surface area contributed by atoms with Crippen LogP contribution in [0.4, 0.5) is 5.82 Å². The van der Waals surface area contributed by atoms with E-state index in [9.17, 15) is 0 Å². The first-order chi connectivity index (χ1) is 10.3. The highest BCUT2D eigenvalue weighted by atomic mass is 16.5. The number of rotatable bonds is 4. The molecule has 0 aliphatic rings. The molecule has 0 saturated heterocycles. The third-order valence-electron chi connectivity index (χ3n) is 3.28.